The van der Waals surface area contributed by atoms with Crippen LogP contribution in [-0.4, -0.2) is 19.5 Å². The van der Waals surface area contributed by atoms with Crippen LogP contribution in [0.5, 0.6) is 0 Å². The van der Waals surface area contributed by atoms with E-state index >= 15 is 0 Å². The van der Waals surface area contributed by atoms with Gasteiger partial charge < -0.3 is 0 Å². The summed E-state index contributed by atoms with van der Waals surface area (Å²) in [7, 11) is 0. The number of aryl methyl sites for hydroxylation is 2. The van der Waals surface area contributed by atoms with Crippen molar-refractivity contribution in [3.05, 3.63) is 138 Å². The summed E-state index contributed by atoms with van der Waals surface area (Å²) in [4.78, 5) is 17.8. The highest BCUT2D eigenvalue weighted by Crippen LogP contribution is 2.38. The van der Waals surface area contributed by atoms with Crippen molar-refractivity contribution in [3.63, 3.8) is 0 Å². The number of anilines is 3. The van der Waals surface area contributed by atoms with Crippen molar-refractivity contribution < 1.29 is 0 Å². The first-order chi connectivity index (χ1) is 23.0. The molecule has 0 saturated carbocycles. The smallest absolute Gasteiger partial charge is 0.163 e. The molecule has 0 radical (unpaired) electrons. The van der Waals surface area contributed by atoms with Crippen molar-refractivity contribution in [2.45, 2.75) is 71.6 Å². The van der Waals surface area contributed by atoms with Gasteiger partial charge in [-0.1, -0.05) is 107 Å². The molecule has 0 spiro atoms. The standard InChI is InChI=1S/C42H43N5/c1-29(2)35-18-11-19-36(30(3)4)41(35)47-34-17-10-5-7-14-31-24-26-32(27-25-31)37-20-12-22-39(44-37)46(33-15-8-6-9-16-33)40-23-13-21-38(45-40)42(47)43-28-34/h6,8-9,11-13,15-16,18-30H,5,7,10,14,17H2,1-4H3. The summed E-state index contributed by atoms with van der Waals surface area (Å²) in [6.07, 6.45) is 7.54. The Bertz CT molecular complexity index is 1940. The molecule has 0 atom stereocenters. The second-order valence-corrected chi connectivity index (χ2v) is 13.2. The number of nitrogens with zero attached hydrogens (tertiary/aromatic N) is 5. The van der Waals surface area contributed by atoms with E-state index in [0.29, 0.717) is 11.8 Å². The Hall–Kier alpha value is -5.03. The Morgan fingerprint density at radius 2 is 1.19 bits per heavy atom. The molecule has 0 fully saturated rings. The first kappa shape index (κ1) is 30.6. The van der Waals surface area contributed by atoms with Crippen molar-refractivity contribution in [1.82, 2.24) is 19.5 Å². The molecule has 8 rings (SSSR count). The molecule has 6 aromatic rings. The molecule has 0 aliphatic carbocycles. The van der Waals surface area contributed by atoms with Gasteiger partial charge >= 0.3 is 0 Å². The van der Waals surface area contributed by atoms with Gasteiger partial charge in [0.25, 0.3) is 0 Å². The first-order valence-corrected chi connectivity index (χ1v) is 17.1. The lowest BCUT2D eigenvalue weighted by molar-refractivity contribution is 0.664. The van der Waals surface area contributed by atoms with E-state index in [1.807, 2.05) is 6.07 Å². The minimum Gasteiger partial charge on any atom is -0.295 e. The van der Waals surface area contributed by atoms with Crippen molar-refractivity contribution in [2.75, 3.05) is 4.90 Å². The quantitative estimate of drug-likeness (QED) is 0.197. The van der Waals surface area contributed by atoms with Crippen LogP contribution >= 0.6 is 0 Å². The van der Waals surface area contributed by atoms with Crippen LogP contribution in [0.2, 0.25) is 0 Å². The summed E-state index contributed by atoms with van der Waals surface area (Å²) >= 11 is 0. The van der Waals surface area contributed by atoms with Gasteiger partial charge in [0, 0.05) is 23.1 Å². The monoisotopic (exact) mass is 617 g/mol. The third kappa shape index (κ3) is 6.23. The van der Waals surface area contributed by atoms with Crippen molar-refractivity contribution in [1.29, 1.82) is 0 Å². The lowest BCUT2D eigenvalue weighted by atomic mass is 9.92. The number of fused-ring (bicyclic) bond motifs is 6. The highest BCUT2D eigenvalue weighted by molar-refractivity contribution is 5.75. The largest absolute Gasteiger partial charge is 0.295 e. The van der Waals surface area contributed by atoms with E-state index in [1.165, 1.54) is 28.1 Å². The number of hydrogen-bond acceptors (Lipinski definition) is 4. The number of benzene rings is 3. The molecule has 0 saturated heterocycles. The summed E-state index contributed by atoms with van der Waals surface area (Å²) < 4.78 is 2.43. The number of aromatic nitrogens is 4. The zero-order valence-corrected chi connectivity index (χ0v) is 27.9. The molecule has 3 aromatic carbocycles. The van der Waals surface area contributed by atoms with Gasteiger partial charge in [-0.25, -0.2) is 15.0 Å². The number of rotatable bonds is 4. The number of imidazole rings is 1. The number of hydrogen-bond donors (Lipinski definition) is 0. The fraction of sp³-hybridized carbons (Fsp3) is 0.262. The van der Waals surface area contributed by atoms with Crippen molar-refractivity contribution in [2.24, 2.45) is 0 Å². The summed E-state index contributed by atoms with van der Waals surface area (Å²) in [5.74, 6) is 3.21. The van der Waals surface area contributed by atoms with Gasteiger partial charge in [-0.05, 0) is 90.6 Å². The predicted octanol–water partition coefficient (Wildman–Crippen LogP) is 11.0. The molecule has 0 amide bonds. The second-order valence-electron chi connectivity index (χ2n) is 13.2. The zero-order valence-electron chi connectivity index (χ0n) is 27.9. The maximum atomic E-state index is 5.35. The van der Waals surface area contributed by atoms with E-state index in [4.69, 9.17) is 15.0 Å². The molecule has 5 nitrogen and oxygen atoms in total. The molecule has 5 heterocycles. The topological polar surface area (TPSA) is 46.8 Å². The predicted molar refractivity (Wildman–Crippen MR) is 194 cm³/mol. The Morgan fingerprint density at radius 3 is 1.87 bits per heavy atom. The van der Waals surface area contributed by atoms with Crippen molar-refractivity contribution >= 4 is 17.3 Å². The van der Waals surface area contributed by atoms with Crippen LogP contribution in [-0.2, 0) is 12.8 Å². The van der Waals surface area contributed by atoms with E-state index in [0.717, 1.165) is 72.2 Å². The molecular formula is C42H43N5. The molecule has 8 bridgehead atoms. The van der Waals surface area contributed by atoms with Crippen molar-refractivity contribution in [3.8, 4) is 28.5 Å². The van der Waals surface area contributed by atoms with E-state index < -0.39 is 0 Å². The van der Waals surface area contributed by atoms with Gasteiger partial charge in [-0.3, -0.25) is 9.47 Å². The molecular weight excluding hydrogens is 574 g/mol. The summed E-state index contributed by atoms with van der Waals surface area (Å²) in [5.41, 5.74) is 10.4. The molecule has 0 N–H and O–H groups in total. The molecule has 3 aromatic heterocycles. The van der Waals surface area contributed by atoms with Crippen LogP contribution in [0.4, 0.5) is 17.3 Å². The van der Waals surface area contributed by atoms with Crippen LogP contribution in [0, 0.1) is 0 Å². The molecule has 47 heavy (non-hydrogen) atoms. The molecule has 0 unspecified atom stereocenters. The third-order valence-corrected chi connectivity index (χ3v) is 9.22. The molecule has 2 aliphatic rings. The van der Waals surface area contributed by atoms with Gasteiger partial charge in [-0.15, -0.1) is 0 Å². The third-order valence-electron chi connectivity index (χ3n) is 9.22. The van der Waals surface area contributed by atoms with Crippen LogP contribution in [0.25, 0.3) is 28.5 Å². The average molecular weight is 618 g/mol. The van der Waals surface area contributed by atoms with Crippen LogP contribution in [0.15, 0.2) is 115 Å². The minimum absolute atomic E-state index is 0.360. The SMILES string of the molecule is CC(C)c1cccc(C(C)C)c1-n1c2cnc1-c1cccc(n1)N(c1ccccc1)c1cccc(n1)-c1ccc(cc1)CCCCC2. The van der Waals surface area contributed by atoms with Gasteiger partial charge in [0.2, 0.25) is 0 Å². The summed E-state index contributed by atoms with van der Waals surface area (Å²) in [5, 5.41) is 0. The Kier molecular flexibility index (Phi) is 8.71. The van der Waals surface area contributed by atoms with E-state index in [2.05, 4.69) is 146 Å². The fourth-order valence-corrected chi connectivity index (χ4v) is 6.76. The zero-order chi connectivity index (χ0) is 32.3. The minimum atomic E-state index is 0.360. The average Bonchev–Trinajstić information content (AvgIpc) is 3.52. The van der Waals surface area contributed by atoms with Crippen LogP contribution in [0.3, 0.4) is 0 Å². The lowest BCUT2D eigenvalue weighted by Gasteiger charge is -2.25. The Morgan fingerprint density at radius 1 is 0.574 bits per heavy atom. The van der Waals surface area contributed by atoms with Crippen LogP contribution < -0.4 is 4.90 Å². The highest BCUT2D eigenvalue weighted by Gasteiger charge is 2.24. The number of para-hydroxylation sites is 2. The summed E-state index contributed by atoms with van der Waals surface area (Å²) in [6.45, 7) is 9.15. The maximum Gasteiger partial charge on any atom is 0.163 e. The van der Waals surface area contributed by atoms with Gasteiger partial charge in [-0.2, -0.15) is 0 Å². The highest BCUT2D eigenvalue weighted by atomic mass is 15.2. The lowest BCUT2D eigenvalue weighted by Crippen LogP contribution is -2.14. The normalized spacial score (nSPS) is 13.4. The molecule has 236 valence electrons. The fourth-order valence-electron chi connectivity index (χ4n) is 6.76. The van der Waals surface area contributed by atoms with Gasteiger partial charge in [0.05, 0.1) is 11.4 Å². The van der Waals surface area contributed by atoms with E-state index in [-0.39, 0.29) is 0 Å². The van der Waals surface area contributed by atoms with Gasteiger partial charge in [0.1, 0.15) is 17.3 Å². The molecule has 2 aliphatic heterocycles. The summed E-state index contributed by atoms with van der Waals surface area (Å²) in [6, 6.07) is 38.6. The van der Waals surface area contributed by atoms with Crippen LogP contribution in [0.1, 0.15) is 81.2 Å². The second kappa shape index (κ2) is 13.4. The van der Waals surface area contributed by atoms with E-state index in [1.54, 1.807) is 0 Å². The Balaban J connectivity index is 1.46. The number of pyridine rings is 2. The van der Waals surface area contributed by atoms with Gasteiger partial charge in [0.15, 0.2) is 5.82 Å². The molecule has 5 heteroatoms. The van der Waals surface area contributed by atoms with E-state index in [9.17, 15) is 0 Å². The first-order valence-electron chi connectivity index (χ1n) is 17.1. The maximum absolute atomic E-state index is 5.35. The Labute approximate surface area is 279 Å².